The van der Waals surface area contributed by atoms with Crippen LogP contribution in [0.25, 0.3) is 0 Å². The molecule has 1 saturated carbocycles. The van der Waals surface area contributed by atoms with Gasteiger partial charge in [-0.15, -0.1) is 0 Å². The number of carbonyl (C=O) groups excluding carboxylic acids is 1. The van der Waals surface area contributed by atoms with E-state index in [9.17, 15) is 4.79 Å². The molecule has 0 N–H and O–H groups in total. The second-order valence-electron chi connectivity index (χ2n) is 5.13. The van der Waals surface area contributed by atoms with Gasteiger partial charge in [-0.25, -0.2) is 0 Å². The lowest BCUT2D eigenvalue weighted by molar-refractivity contribution is -0.145. The number of rotatable bonds is 2. The maximum Gasteiger partial charge on any atom is 0.308 e. The molecular weight excluding hydrogens is 192 g/mol. The molecule has 0 saturated heterocycles. The number of methoxy groups -OCH3 is 1. The van der Waals surface area contributed by atoms with E-state index in [-0.39, 0.29) is 11.9 Å². The first-order valence-corrected chi connectivity index (χ1v) is 8.78. The predicted octanol–water partition coefficient (Wildman–Crippen LogP) is 2.76. The molecule has 0 bridgehead atoms. The summed E-state index contributed by atoms with van der Waals surface area (Å²) in [5, 5.41) is 0. The molecule has 14 heavy (non-hydrogen) atoms. The lowest BCUT2D eigenvalue weighted by atomic mass is 10.1. The quantitative estimate of drug-likeness (QED) is 0.520. The molecule has 1 aliphatic carbocycles. The third kappa shape index (κ3) is 3.29. The van der Waals surface area contributed by atoms with Crippen molar-refractivity contribution in [3.63, 3.8) is 0 Å². The van der Waals surface area contributed by atoms with Gasteiger partial charge in [-0.2, -0.15) is 0 Å². The highest BCUT2D eigenvalue weighted by Gasteiger charge is 2.27. The van der Waals surface area contributed by atoms with E-state index in [1.807, 2.05) is 0 Å². The summed E-state index contributed by atoms with van der Waals surface area (Å²) in [5.74, 6) is 0.0894. The zero-order valence-electron chi connectivity index (χ0n) is 9.59. The van der Waals surface area contributed by atoms with Crippen LogP contribution in [0.1, 0.15) is 19.3 Å². The highest BCUT2D eigenvalue weighted by Crippen LogP contribution is 2.32. The van der Waals surface area contributed by atoms with E-state index in [1.54, 1.807) is 0 Å². The topological polar surface area (TPSA) is 26.3 Å². The Hall–Kier alpha value is -0.573. The highest BCUT2D eigenvalue weighted by atomic mass is 28.3. The number of esters is 1. The first-order valence-electron chi connectivity index (χ1n) is 5.21. The number of ether oxygens (including phenoxy) is 1. The van der Waals surface area contributed by atoms with Crippen molar-refractivity contribution in [2.45, 2.75) is 38.9 Å². The zero-order chi connectivity index (χ0) is 10.8. The summed E-state index contributed by atoms with van der Waals surface area (Å²) >= 11 is 0. The van der Waals surface area contributed by atoms with E-state index in [1.165, 1.54) is 12.7 Å². The number of allylic oxidation sites excluding steroid dienone is 1. The van der Waals surface area contributed by atoms with Crippen molar-refractivity contribution in [2.24, 2.45) is 5.92 Å². The van der Waals surface area contributed by atoms with E-state index in [2.05, 4.69) is 25.3 Å². The SMILES string of the molecule is COC(=O)[C@H]1CC/C(=C\[Si](C)(C)C)C1. The van der Waals surface area contributed by atoms with Crippen LogP contribution in [0.3, 0.4) is 0 Å². The molecule has 0 spiro atoms. The van der Waals surface area contributed by atoms with Crippen LogP contribution < -0.4 is 0 Å². The fourth-order valence-electron chi connectivity index (χ4n) is 1.99. The molecular formula is C11H20O2Si. The lowest BCUT2D eigenvalue weighted by Crippen LogP contribution is -2.17. The van der Waals surface area contributed by atoms with Crippen LogP contribution in [-0.4, -0.2) is 21.2 Å². The largest absolute Gasteiger partial charge is 0.469 e. The van der Waals surface area contributed by atoms with Crippen LogP contribution in [0, 0.1) is 5.92 Å². The normalized spacial score (nSPS) is 25.4. The van der Waals surface area contributed by atoms with E-state index in [0.717, 1.165) is 19.3 Å². The Morgan fingerprint density at radius 1 is 1.50 bits per heavy atom. The second kappa shape index (κ2) is 4.30. The van der Waals surface area contributed by atoms with Gasteiger partial charge in [0.15, 0.2) is 0 Å². The minimum atomic E-state index is -1.11. The van der Waals surface area contributed by atoms with E-state index >= 15 is 0 Å². The van der Waals surface area contributed by atoms with Crippen LogP contribution in [0.15, 0.2) is 11.3 Å². The molecule has 0 aliphatic heterocycles. The third-order valence-corrected chi connectivity index (χ3v) is 3.77. The molecule has 2 nitrogen and oxygen atoms in total. The number of hydrogen-bond acceptors (Lipinski definition) is 2. The van der Waals surface area contributed by atoms with Gasteiger partial charge in [0, 0.05) is 0 Å². The van der Waals surface area contributed by atoms with Crippen molar-refractivity contribution < 1.29 is 9.53 Å². The molecule has 1 rings (SSSR count). The van der Waals surface area contributed by atoms with Gasteiger partial charge in [0.05, 0.1) is 21.1 Å². The summed E-state index contributed by atoms with van der Waals surface area (Å²) in [6.07, 6.45) is 2.99. The van der Waals surface area contributed by atoms with Gasteiger partial charge in [-0.05, 0) is 19.3 Å². The molecule has 0 unspecified atom stereocenters. The van der Waals surface area contributed by atoms with E-state index < -0.39 is 8.07 Å². The summed E-state index contributed by atoms with van der Waals surface area (Å²) in [4.78, 5) is 11.3. The molecule has 80 valence electrons. The Morgan fingerprint density at radius 3 is 2.64 bits per heavy atom. The van der Waals surface area contributed by atoms with Crippen molar-refractivity contribution >= 4 is 14.0 Å². The highest BCUT2D eigenvalue weighted by molar-refractivity contribution is 6.81. The maximum atomic E-state index is 11.3. The Bertz CT molecular complexity index is 251. The van der Waals surface area contributed by atoms with Gasteiger partial charge in [-0.3, -0.25) is 4.79 Å². The molecule has 0 radical (unpaired) electrons. The summed E-state index contributed by atoms with van der Waals surface area (Å²) in [5.41, 5.74) is 3.90. The first-order chi connectivity index (χ1) is 6.42. The van der Waals surface area contributed by atoms with Crippen molar-refractivity contribution in [1.29, 1.82) is 0 Å². The van der Waals surface area contributed by atoms with Crippen molar-refractivity contribution in [3.8, 4) is 0 Å². The zero-order valence-corrected chi connectivity index (χ0v) is 10.6. The fourth-order valence-corrected chi connectivity index (χ4v) is 3.48. The first kappa shape index (κ1) is 11.5. The van der Waals surface area contributed by atoms with Crippen molar-refractivity contribution in [1.82, 2.24) is 0 Å². The van der Waals surface area contributed by atoms with Crippen LogP contribution in [0.5, 0.6) is 0 Å². The minimum Gasteiger partial charge on any atom is -0.469 e. The van der Waals surface area contributed by atoms with Gasteiger partial charge in [0.2, 0.25) is 0 Å². The van der Waals surface area contributed by atoms with Crippen LogP contribution in [0.2, 0.25) is 19.6 Å². The van der Waals surface area contributed by atoms with Gasteiger partial charge in [0.25, 0.3) is 0 Å². The standard InChI is InChI=1S/C11H20O2Si/c1-13-11(12)10-6-5-9(7-10)8-14(2,3)4/h8,10H,5-7H2,1-4H3/b9-8+/t10-/m0/s1. The van der Waals surface area contributed by atoms with Gasteiger partial charge in [-0.1, -0.05) is 30.9 Å². The second-order valence-corrected chi connectivity index (χ2v) is 10.2. The minimum absolute atomic E-state index is 0.0380. The average molecular weight is 212 g/mol. The smallest absolute Gasteiger partial charge is 0.308 e. The molecule has 3 heteroatoms. The molecule has 1 aliphatic rings. The summed E-state index contributed by atoms with van der Waals surface area (Å²) in [6, 6.07) is 0. The molecule has 1 atom stereocenters. The van der Waals surface area contributed by atoms with E-state index in [4.69, 9.17) is 4.74 Å². The molecule has 0 amide bonds. The number of carbonyl (C=O) groups is 1. The predicted molar refractivity (Wildman–Crippen MR) is 60.8 cm³/mol. The third-order valence-electron chi connectivity index (χ3n) is 2.49. The molecule has 0 heterocycles. The molecule has 0 aromatic heterocycles. The molecule has 0 aromatic carbocycles. The van der Waals surface area contributed by atoms with Crippen LogP contribution in [0.4, 0.5) is 0 Å². The Kier molecular flexibility index (Phi) is 3.53. The van der Waals surface area contributed by atoms with Crippen LogP contribution >= 0.6 is 0 Å². The molecule has 0 aromatic rings. The fraction of sp³-hybridized carbons (Fsp3) is 0.727. The van der Waals surface area contributed by atoms with Gasteiger partial charge in [0.1, 0.15) is 0 Å². The van der Waals surface area contributed by atoms with Crippen molar-refractivity contribution in [3.05, 3.63) is 11.3 Å². The summed E-state index contributed by atoms with van der Waals surface area (Å²) in [6.45, 7) is 6.97. The van der Waals surface area contributed by atoms with Crippen molar-refractivity contribution in [2.75, 3.05) is 7.11 Å². The Balaban J connectivity index is 2.57. The Labute approximate surface area is 87.3 Å². The summed E-state index contributed by atoms with van der Waals surface area (Å²) in [7, 11) is 0.364. The molecule has 1 fully saturated rings. The monoisotopic (exact) mass is 212 g/mol. The average Bonchev–Trinajstić information content (AvgIpc) is 2.48. The van der Waals surface area contributed by atoms with Gasteiger partial charge >= 0.3 is 5.97 Å². The Morgan fingerprint density at radius 2 is 2.14 bits per heavy atom. The summed E-state index contributed by atoms with van der Waals surface area (Å²) < 4.78 is 4.76. The van der Waals surface area contributed by atoms with E-state index in [0.29, 0.717) is 0 Å². The maximum absolute atomic E-state index is 11.3. The number of hydrogen-bond donors (Lipinski definition) is 0. The lowest BCUT2D eigenvalue weighted by Gasteiger charge is -2.11. The van der Waals surface area contributed by atoms with Crippen LogP contribution in [-0.2, 0) is 9.53 Å². The van der Waals surface area contributed by atoms with Gasteiger partial charge < -0.3 is 4.74 Å².